The van der Waals surface area contributed by atoms with Crippen LogP contribution in [0.5, 0.6) is 17.2 Å². The molecular formula is C32H31N3O5S. The summed E-state index contributed by atoms with van der Waals surface area (Å²) < 4.78 is 22.2. The van der Waals surface area contributed by atoms with Gasteiger partial charge in [-0.1, -0.05) is 36.0 Å². The summed E-state index contributed by atoms with van der Waals surface area (Å²) in [5, 5.41) is 10.1. The molecule has 8 nitrogen and oxygen atoms in total. The molecule has 0 aliphatic rings. The van der Waals surface area contributed by atoms with E-state index in [1.807, 2.05) is 30.5 Å². The van der Waals surface area contributed by atoms with Gasteiger partial charge in [0, 0.05) is 40.9 Å². The predicted molar refractivity (Wildman–Crippen MR) is 160 cm³/mol. The zero-order valence-electron chi connectivity index (χ0n) is 23.0. The second-order valence-electron chi connectivity index (χ2n) is 9.24. The van der Waals surface area contributed by atoms with Gasteiger partial charge in [-0.25, -0.2) is 0 Å². The molecule has 41 heavy (non-hydrogen) atoms. The number of H-pyrrole nitrogens is 1. The van der Waals surface area contributed by atoms with E-state index in [9.17, 15) is 4.79 Å². The second-order valence-corrected chi connectivity index (χ2v) is 10.3. The summed E-state index contributed by atoms with van der Waals surface area (Å²) >= 11 is 1.52. The number of nitrogens with one attached hydrogen (secondary N) is 1. The number of benzene rings is 3. The van der Waals surface area contributed by atoms with Crippen molar-refractivity contribution in [3.05, 3.63) is 102 Å². The van der Waals surface area contributed by atoms with E-state index in [1.165, 1.54) is 28.8 Å². The van der Waals surface area contributed by atoms with E-state index in [0.29, 0.717) is 47.0 Å². The fourth-order valence-electron chi connectivity index (χ4n) is 4.30. The first kappa shape index (κ1) is 28.0. The van der Waals surface area contributed by atoms with Crippen molar-refractivity contribution in [2.75, 3.05) is 26.6 Å². The zero-order valence-corrected chi connectivity index (χ0v) is 23.8. The van der Waals surface area contributed by atoms with Gasteiger partial charge in [-0.05, 0) is 72.5 Å². The number of rotatable bonds is 14. The highest BCUT2D eigenvalue weighted by Crippen LogP contribution is 2.24. The second kappa shape index (κ2) is 13.7. The molecule has 9 heteroatoms. The molecule has 2 aromatic heterocycles. The summed E-state index contributed by atoms with van der Waals surface area (Å²) in [4.78, 5) is 15.9. The Morgan fingerprint density at radius 2 is 1.73 bits per heavy atom. The molecule has 2 heterocycles. The van der Waals surface area contributed by atoms with Gasteiger partial charge in [0.15, 0.2) is 5.78 Å². The van der Waals surface area contributed by atoms with Gasteiger partial charge in [-0.15, -0.1) is 10.2 Å². The van der Waals surface area contributed by atoms with E-state index in [-0.39, 0.29) is 5.78 Å². The van der Waals surface area contributed by atoms with Gasteiger partial charge in [0.25, 0.3) is 5.22 Å². The SMILES string of the molecule is COc1cc(/C=C/C(=O)c2ccc(OCCCSc3nnc(CCc4c[nH]c5ccccc45)o3)cc2)cc(OC)c1. The van der Waals surface area contributed by atoms with Crippen LogP contribution in [0.2, 0.25) is 0 Å². The standard InChI is InChI=1S/C32H31N3O5S/c1-37-26-18-22(19-27(20-26)38-2)8-14-30(36)23-9-12-25(13-10-23)39-16-5-17-41-32-35-34-31(40-32)15-11-24-21-33-29-7-4-3-6-28(24)29/h3-4,6-10,12-14,18-21,33H,5,11,15-17H2,1-2H3/b14-8+. The van der Waals surface area contributed by atoms with E-state index in [1.54, 1.807) is 50.6 Å². The first-order valence-electron chi connectivity index (χ1n) is 13.3. The molecule has 0 fully saturated rings. The first-order chi connectivity index (χ1) is 20.1. The van der Waals surface area contributed by atoms with Crippen LogP contribution < -0.4 is 14.2 Å². The van der Waals surface area contributed by atoms with Crippen LogP contribution in [0.1, 0.15) is 33.8 Å². The van der Waals surface area contributed by atoms with Crippen molar-refractivity contribution >= 4 is 34.5 Å². The number of carbonyl (C=O) groups excluding carboxylic acids is 1. The smallest absolute Gasteiger partial charge is 0.276 e. The molecule has 0 bridgehead atoms. The Morgan fingerprint density at radius 1 is 0.951 bits per heavy atom. The summed E-state index contributed by atoms with van der Waals surface area (Å²) in [5.41, 5.74) is 3.77. The number of aromatic nitrogens is 3. The van der Waals surface area contributed by atoms with Crippen LogP contribution in [0.15, 0.2) is 88.6 Å². The predicted octanol–water partition coefficient (Wildman–Crippen LogP) is 6.81. The number of allylic oxidation sites excluding steroid dienone is 1. The van der Waals surface area contributed by atoms with Crippen molar-refractivity contribution in [2.24, 2.45) is 0 Å². The van der Waals surface area contributed by atoms with Crippen LogP contribution in [0, 0.1) is 0 Å². The Labute approximate surface area is 242 Å². The van der Waals surface area contributed by atoms with Crippen LogP contribution >= 0.6 is 11.8 Å². The van der Waals surface area contributed by atoms with Crippen LogP contribution in [-0.2, 0) is 12.8 Å². The van der Waals surface area contributed by atoms with Crippen molar-refractivity contribution in [3.8, 4) is 17.2 Å². The number of hydrogen-bond donors (Lipinski definition) is 1. The third-order valence-corrected chi connectivity index (χ3v) is 7.36. The quantitative estimate of drug-likeness (QED) is 0.0674. The van der Waals surface area contributed by atoms with E-state index < -0.39 is 0 Å². The van der Waals surface area contributed by atoms with Gasteiger partial charge in [0.2, 0.25) is 5.89 Å². The molecule has 0 spiro atoms. The molecule has 0 unspecified atom stereocenters. The summed E-state index contributed by atoms with van der Waals surface area (Å²) in [5.74, 6) is 3.37. The van der Waals surface area contributed by atoms with Crippen molar-refractivity contribution in [1.82, 2.24) is 15.2 Å². The topological polar surface area (TPSA) is 99.5 Å². The molecule has 0 atom stereocenters. The highest BCUT2D eigenvalue weighted by Gasteiger charge is 2.10. The van der Waals surface area contributed by atoms with Crippen molar-refractivity contribution in [1.29, 1.82) is 0 Å². The number of aryl methyl sites for hydroxylation is 2. The van der Waals surface area contributed by atoms with E-state index in [2.05, 4.69) is 27.3 Å². The highest BCUT2D eigenvalue weighted by atomic mass is 32.2. The lowest BCUT2D eigenvalue weighted by molar-refractivity contribution is 0.104. The maximum atomic E-state index is 12.6. The number of thioether (sulfide) groups is 1. The van der Waals surface area contributed by atoms with Gasteiger partial charge < -0.3 is 23.6 Å². The van der Waals surface area contributed by atoms with E-state index in [4.69, 9.17) is 18.6 Å². The number of fused-ring (bicyclic) bond motifs is 1. The summed E-state index contributed by atoms with van der Waals surface area (Å²) in [6, 6.07) is 20.9. The third-order valence-electron chi connectivity index (χ3n) is 6.45. The molecule has 3 aromatic carbocycles. The van der Waals surface area contributed by atoms with E-state index >= 15 is 0 Å². The Kier molecular flexibility index (Phi) is 9.38. The summed E-state index contributed by atoms with van der Waals surface area (Å²) in [7, 11) is 3.18. The van der Waals surface area contributed by atoms with Crippen LogP contribution in [0.4, 0.5) is 0 Å². The lowest BCUT2D eigenvalue weighted by atomic mass is 10.1. The maximum Gasteiger partial charge on any atom is 0.276 e. The molecule has 0 radical (unpaired) electrons. The monoisotopic (exact) mass is 569 g/mol. The van der Waals surface area contributed by atoms with E-state index in [0.717, 1.165) is 29.7 Å². The molecule has 5 rings (SSSR count). The number of hydrogen-bond acceptors (Lipinski definition) is 8. The largest absolute Gasteiger partial charge is 0.497 e. The van der Waals surface area contributed by atoms with Gasteiger partial charge in [-0.2, -0.15) is 0 Å². The fraction of sp³-hybridized carbons (Fsp3) is 0.219. The molecule has 1 N–H and O–H groups in total. The lowest BCUT2D eigenvalue weighted by Crippen LogP contribution is -2.00. The van der Waals surface area contributed by atoms with Crippen LogP contribution in [0.3, 0.4) is 0 Å². The Balaban J connectivity index is 1.02. The van der Waals surface area contributed by atoms with Crippen molar-refractivity contribution in [2.45, 2.75) is 24.5 Å². The van der Waals surface area contributed by atoms with Crippen molar-refractivity contribution < 1.29 is 23.4 Å². The molecule has 0 aliphatic carbocycles. The summed E-state index contributed by atoms with van der Waals surface area (Å²) in [6.07, 6.45) is 7.66. The third kappa shape index (κ3) is 7.58. The molecule has 0 amide bonds. The van der Waals surface area contributed by atoms with Crippen LogP contribution in [-0.4, -0.2) is 47.5 Å². The Hall–Kier alpha value is -4.50. The van der Waals surface area contributed by atoms with Gasteiger partial charge in [0.05, 0.1) is 20.8 Å². The first-order valence-corrected chi connectivity index (χ1v) is 14.3. The number of nitrogens with zero attached hydrogens (tertiary/aromatic N) is 2. The number of ether oxygens (including phenoxy) is 3. The lowest BCUT2D eigenvalue weighted by Gasteiger charge is -2.06. The molecule has 5 aromatic rings. The minimum atomic E-state index is -0.102. The normalized spacial score (nSPS) is 11.3. The van der Waals surface area contributed by atoms with Gasteiger partial charge >= 0.3 is 0 Å². The maximum absolute atomic E-state index is 12.6. The fourth-order valence-corrected chi connectivity index (χ4v) is 4.99. The highest BCUT2D eigenvalue weighted by molar-refractivity contribution is 7.99. The molecule has 0 saturated carbocycles. The zero-order chi connectivity index (χ0) is 28.4. The average molecular weight is 570 g/mol. The Morgan fingerprint density at radius 3 is 2.51 bits per heavy atom. The minimum Gasteiger partial charge on any atom is -0.497 e. The number of methoxy groups -OCH3 is 2. The van der Waals surface area contributed by atoms with Crippen molar-refractivity contribution in [3.63, 3.8) is 0 Å². The number of carbonyl (C=O) groups is 1. The molecular weight excluding hydrogens is 538 g/mol. The number of ketones is 1. The molecule has 210 valence electrons. The van der Waals surface area contributed by atoms with Gasteiger partial charge in [-0.3, -0.25) is 4.79 Å². The molecule has 0 aliphatic heterocycles. The minimum absolute atomic E-state index is 0.102. The molecule has 0 saturated heterocycles. The number of aromatic amines is 1. The average Bonchev–Trinajstić information content (AvgIpc) is 3.65. The summed E-state index contributed by atoms with van der Waals surface area (Å²) in [6.45, 7) is 0.541. The Bertz CT molecular complexity index is 1600. The number of para-hydroxylation sites is 1. The van der Waals surface area contributed by atoms with Crippen LogP contribution in [0.25, 0.3) is 17.0 Å². The van der Waals surface area contributed by atoms with Gasteiger partial charge in [0.1, 0.15) is 17.2 Å².